The highest BCUT2D eigenvalue weighted by atomic mass is 19.1. The van der Waals surface area contributed by atoms with Crippen molar-refractivity contribution in [3.05, 3.63) is 65.0 Å². The van der Waals surface area contributed by atoms with Crippen molar-refractivity contribution < 1.29 is 18.7 Å². The van der Waals surface area contributed by atoms with Crippen molar-refractivity contribution in [3.8, 4) is 5.75 Å². The Morgan fingerprint density at radius 3 is 2.40 bits per heavy atom. The molecule has 162 valence electrons. The minimum atomic E-state index is -0.696. The van der Waals surface area contributed by atoms with E-state index in [1.807, 2.05) is 45.9 Å². The van der Waals surface area contributed by atoms with Gasteiger partial charge in [0.15, 0.2) is 6.61 Å². The third-order valence-electron chi connectivity index (χ3n) is 5.13. The second-order valence-electron chi connectivity index (χ2n) is 7.70. The summed E-state index contributed by atoms with van der Waals surface area (Å²) < 4.78 is 19.0. The van der Waals surface area contributed by atoms with E-state index in [-0.39, 0.29) is 36.8 Å². The number of carbonyl (C=O) groups excluding carboxylic acids is 2. The lowest BCUT2D eigenvalue weighted by atomic mass is 10.1. The molecule has 0 aliphatic carbocycles. The first-order valence-electron chi connectivity index (χ1n) is 10.3. The van der Waals surface area contributed by atoms with Crippen LogP contribution in [-0.2, 0) is 16.1 Å². The van der Waals surface area contributed by atoms with E-state index in [2.05, 4.69) is 5.32 Å². The van der Waals surface area contributed by atoms with Crippen LogP contribution < -0.4 is 10.1 Å². The second-order valence-corrected chi connectivity index (χ2v) is 7.70. The summed E-state index contributed by atoms with van der Waals surface area (Å²) in [6.07, 6.45) is 0.792. The number of benzene rings is 2. The fraction of sp³-hybridized carbons (Fsp3) is 0.417. The predicted octanol–water partition coefficient (Wildman–Crippen LogP) is 4.15. The van der Waals surface area contributed by atoms with Gasteiger partial charge in [-0.2, -0.15) is 0 Å². The molecule has 5 nitrogen and oxygen atoms in total. The molecule has 0 aliphatic heterocycles. The lowest BCUT2D eigenvalue weighted by Gasteiger charge is -2.29. The average molecular weight is 415 g/mol. The topological polar surface area (TPSA) is 58.6 Å². The van der Waals surface area contributed by atoms with Gasteiger partial charge in [-0.25, -0.2) is 4.39 Å². The van der Waals surface area contributed by atoms with Crippen LogP contribution in [0.4, 0.5) is 4.39 Å². The second kappa shape index (κ2) is 10.8. The summed E-state index contributed by atoms with van der Waals surface area (Å²) in [5.41, 5.74) is 2.70. The molecule has 30 heavy (non-hydrogen) atoms. The summed E-state index contributed by atoms with van der Waals surface area (Å²) in [4.78, 5) is 27.2. The molecule has 0 heterocycles. The first-order chi connectivity index (χ1) is 14.2. The lowest BCUT2D eigenvalue weighted by Crippen LogP contribution is -2.50. The third-order valence-corrected chi connectivity index (χ3v) is 5.13. The maximum Gasteiger partial charge on any atom is 0.261 e. The highest BCUT2D eigenvalue weighted by Crippen LogP contribution is 2.19. The summed E-state index contributed by atoms with van der Waals surface area (Å²) in [5, 5.41) is 2.92. The number of hydrogen-bond donors (Lipinski definition) is 1. The van der Waals surface area contributed by atoms with Gasteiger partial charge in [-0.15, -0.1) is 0 Å². The lowest BCUT2D eigenvalue weighted by molar-refractivity contribution is -0.142. The molecule has 0 radical (unpaired) electrons. The van der Waals surface area contributed by atoms with Crippen LogP contribution in [-0.4, -0.2) is 35.4 Å². The van der Waals surface area contributed by atoms with Gasteiger partial charge in [0.1, 0.15) is 17.6 Å². The van der Waals surface area contributed by atoms with Crippen molar-refractivity contribution in [3.63, 3.8) is 0 Å². The monoisotopic (exact) mass is 414 g/mol. The first kappa shape index (κ1) is 23.4. The largest absolute Gasteiger partial charge is 0.483 e. The van der Waals surface area contributed by atoms with E-state index in [4.69, 9.17) is 4.74 Å². The molecular formula is C24H31FN2O3. The molecular weight excluding hydrogens is 383 g/mol. The molecule has 0 spiro atoms. The van der Waals surface area contributed by atoms with Crippen LogP contribution in [0, 0.1) is 19.7 Å². The molecule has 0 saturated carbocycles. The quantitative estimate of drug-likeness (QED) is 0.671. The van der Waals surface area contributed by atoms with E-state index < -0.39 is 6.04 Å². The molecule has 2 atom stereocenters. The van der Waals surface area contributed by atoms with Gasteiger partial charge in [-0.1, -0.05) is 31.2 Å². The molecule has 0 bridgehead atoms. The van der Waals surface area contributed by atoms with Gasteiger partial charge in [0.2, 0.25) is 5.91 Å². The zero-order valence-corrected chi connectivity index (χ0v) is 18.4. The number of amides is 2. The number of rotatable bonds is 9. The molecule has 6 heteroatoms. The maximum absolute atomic E-state index is 13.3. The molecule has 1 N–H and O–H groups in total. The summed E-state index contributed by atoms with van der Waals surface area (Å²) >= 11 is 0. The Morgan fingerprint density at radius 1 is 1.10 bits per heavy atom. The number of halogens is 1. The SMILES string of the molecule is CC[C@H](C)NC(=O)[C@@H](C)N(Cc1ccc(F)cc1)C(=O)COc1cc(C)ccc1C. The van der Waals surface area contributed by atoms with E-state index in [1.165, 1.54) is 17.0 Å². The molecule has 2 rings (SSSR count). The Labute approximate surface area is 178 Å². The smallest absolute Gasteiger partial charge is 0.261 e. The highest BCUT2D eigenvalue weighted by molar-refractivity contribution is 5.88. The number of nitrogens with zero attached hydrogens (tertiary/aromatic N) is 1. The van der Waals surface area contributed by atoms with Crippen molar-refractivity contribution in [2.24, 2.45) is 0 Å². The zero-order valence-electron chi connectivity index (χ0n) is 18.4. The van der Waals surface area contributed by atoms with E-state index in [0.717, 1.165) is 23.1 Å². The van der Waals surface area contributed by atoms with Crippen LogP contribution in [0.3, 0.4) is 0 Å². The van der Waals surface area contributed by atoms with Crippen LogP contribution in [0.5, 0.6) is 5.75 Å². The van der Waals surface area contributed by atoms with Gasteiger partial charge in [0, 0.05) is 12.6 Å². The summed E-state index contributed by atoms with van der Waals surface area (Å²) in [5.74, 6) is -0.252. The third kappa shape index (κ3) is 6.58. The summed E-state index contributed by atoms with van der Waals surface area (Å²) in [6, 6.07) is 11.0. The minimum Gasteiger partial charge on any atom is -0.483 e. The molecule has 2 amide bonds. The van der Waals surface area contributed by atoms with Crippen molar-refractivity contribution in [1.29, 1.82) is 0 Å². The minimum absolute atomic E-state index is 0.00826. The van der Waals surface area contributed by atoms with Gasteiger partial charge in [-0.3, -0.25) is 9.59 Å². The Kier molecular flexibility index (Phi) is 8.39. The van der Waals surface area contributed by atoms with Gasteiger partial charge in [-0.05, 0) is 69.0 Å². The van der Waals surface area contributed by atoms with Crippen LogP contribution in [0.25, 0.3) is 0 Å². The number of carbonyl (C=O) groups is 2. The highest BCUT2D eigenvalue weighted by Gasteiger charge is 2.27. The van der Waals surface area contributed by atoms with Gasteiger partial charge >= 0.3 is 0 Å². The fourth-order valence-corrected chi connectivity index (χ4v) is 2.92. The molecule has 0 aliphatic rings. The molecule has 2 aromatic rings. The van der Waals surface area contributed by atoms with Crippen molar-refractivity contribution >= 4 is 11.8 Å². The van der Waals surface area contributed by atoms with Crippen LogP contribution in [0.2, 0.25) is 0 Å². The van der Waals surface area contributed by atoms with Gasteiger partial charge in [0.05, 0.1) is 0 Å². The predicted molar refractivity (Wildman–Crippen MR) is 116 cm³/mol. The van der Waals surface area contributed by atoms with E-state index in [1.54, 1.807) is 19.1 Å². The normalized spacial score (nSPS) is 12.7. The number of ether oxygens (including phenoxy) is 1. The Balaban J connectivity index is 2.17. The van der Waals surface area contributed by atoms with Crippen LogP contribution in [0.15, 0.2) is 42.5 Å². The zero-order chi connectivity index (χ0) is 22.3. The van der Waals surface area contributed by atoms with Crippen molar-refractivity contribution in [2.75, 3.05) is 6.61 Å². The van der Waals surface area contributed by atoms with Crippen molar-refractivity contribution in [1.82, 2.24) is 10.2 Å². The molecule has 0 aromatic heterocycles. The molecule has 0 fully saturated rings. The van der Waals surface area contributed by atoms with E-state index in [0.29, 0.717) is 5.75 Å². The summed E-state index contributed by atoms with van der Waals surface area (Å²) in [7, 11) is 0. The molecule has 0 saturated heterocycles. The standard InChI is InChI=1S/C24H31FN2O3/c1-6-18(4)26-24(29)19(5)27(14-20-9-11-21(25)12-10-20)23(28)15-30-22-13-16(2)7-8-17(22)3/h7-13,18-19H,6,14-15H2,1-5H3,(H,26,29)/t18-,19+/m0/s1. The van der Waals surface area contributed by atoms with Crippen LogP contribution >= 0.6 is 0 Å². The number of nitrogens with one attached hydrogen (secondary N) is 1. The van der Waals surface area contributed by atoms with Crippen LogP contribution in [0.1, 0.15) is 43.9 Å². The Bertz CT molecular complexity index is 867. The number of hydrogen-bond acceptors (Lipinski definition) is 3. The van der Waals surface area contributed by atoms with Gasteiger partial charge < -0.3 is 15.0 Å². The average Bonchev–Trinajstić information content (AvgIpc) is 2.73. The molecule has 2 aromatic carbocycles. The Morgan fingerprint density at radius 2 is 1.77 bits per heavy atom. The molecule has 0 unspecified atom stereocenters. The fourth-order valence-electron chi connectivity index (χ4n) is 2.92. The Hall–Kier alpha value is -2.89. The first-order valence-corrected chi connectivity index (χ1v) is 10.3. The van der Waals surface area contributed by atoms with Gasteiger partial charge in [0.25, 0.3) is 5.91 Å². The van der Waals surface area contributed by atoms with Crippen molar-refractivity contribution in [2.45, 2.75) is 59.7 Å². The van der Waals surface area contributed by atoms with E-state index >= 15 is 0 Å². The number of aryl methyl sites for hydroxylation is 2. The maximum atomic E-state index is 13.3. The summed E-state index contributed by atoms with van der Waals surface area (Å²) in [6.45, 7) is 9.46. The van der Waals surface area contributed by atoms with E-state index in [9.17, 15) is 14.0 Å².